The number of hydrogen-bond donors (Lipinski definition) is 2. The van der Waals surface area contributed by atoms with Gasteiger partial charge in [0.1, 0.15) is 18.5 Å². The molecule has 22 heavy (non-hydrogen) atoms. The highest BCUT2D eigenvalue weighted by atomic mass is 35.5. The fraction of sp³-hybridized carbons (Fsp3) is 0.647. The molecule has 4 nitrogen and oxygen atoms in total. The summed E-state index contributed by atoms with van der Waals surface area (Å²) in [5.41, 5.74) is 2.03. The van der Waals surface area contributed by atoms with Crippen molar-refractivity contribution in [2.75, 3.05) is 26.9 Å². The topological polar surface area (TPSA) is 50.7 Å². The predicted molar refractivity (Wildman–Crippen MR) is 91.1 cm³/mol. The Kier molecular flexibility index (Phi) is 8.18. The summed E-state index contributed by atoms with van der Waals surface area (Å²) in [4.78, 5) is 0. The normalized spacial score (nSPS) is 14.2. The van der Waals surface area contributed by atoms with Gasteiger partial charge in [0, 0.05) is 24.7 Å². The number of benzene rings is 1. The van der Waals surface area contributed by atoms with Gasteiger partial charge in [-0.05, 0) is 43.0 Å². The Morgan fingerprint density at radius 3 is 2.50 bits per heavy atom. The van der Waals surface area contributed by atoms with Crippen molar-refractivity contribution in [3.8, 4) is 5.75 Å². The Labute approximate surface area is 138 Å². The summed E-state index contributed by atoms with van der Waals surface area (Å²) in [7, 11) is 1.66. The van der Waals surface area contributed by atoms with Gasteiger partial charge in [0.15, 0.2) is 0 Å². The molecule has 0 amide bonds. The van der Waals surface area contributed by atoms with Crippen LogP contribution >= 0.6 is 11.6 Å². The maximum absolute atomic E-state index is 10.0. The predicted octanol–water partition coefficient (Wildman–Crippen LogP) is 3.14. The van der Waals surface area contributed by atoms with Crippen LogP contribution < -0.4 is 10.1 Å². The summed E-state index contributed by atoms with van der Waals surface area (Å²) in [6.07, 6.45) is -0.574. The lowest BCUT2D eigenvalue weighted by Gasteiger charge is -2.19. The Morgan fingerprint density at radius 2 is 1.91 bits per heavy atom. The Bertz CT molecular complexity index is 465. The highest BCUT2D eigenvalue weighted by molar-refractivity contribution is 6.31. The number of nitrogens with one attached hydrogen (secondary N) is 1. The maximum Gasteiger partial charge on any atom is 0.123 e. The molecule has 0 heterocycles. The third-order valence-electron chi connectivity index (χ3n) is 3.46. The van der Waals surface area contributed by atoms with Crippen molar-refractivity contribution in [3.05, 3.63) is 28.3 Å². The lowest BCUT2D eigenvalue weighted by Crippen LogP contribution is -2.38. The first-order valence-electron chi connectivity index (χ1n) is 7.68. The van der Waals surface area contributed by atoms with E-state index in [-0.39, 0.29) is 12.6 Å². The number of aliphatic hydroxyl groups is 1. The standard InChI is InChI=1S/C17H28ClNO3/c1-11(2)15-7-16(18)12(3)6-17(15)22-10-14(20)8-19-13(4)9-21-5/h6-7,11,13-14,19-20H,8-10H2,1-5H3/t13-,14-/m0/s1. The smallest absolute Gasteiger partial charge is 0.123 e. The highest BCUT2D eigenvalue weighted by Crippen LogP contribution is 2.32. The molecule has 0 fully saturated rings. The van der Waals surface area contributed by atoms with Gasteiger partial charge in [-0.25, -0.2) is 0 Å². The SMILES string of the molecule is COC[C@H](C)NC[C@H](O)COc1cc(C)c(Cl)cc1C(C)C. The minimum absolute atomic E-state index is 0.198. The molecule has 2 atom stereocenters. The van der Waals surface area contributed by atoms with Gasteiger partial charge in [0.05, 0.1) is 6.61 Å². The van der Waals surface area contributed by atoms with Gasteiger partial charge >= 0.3 is 0 Å². The molecule has 0 aliphatic rings. The second-order valence-electron chi connectivity index (χ2n) is 6.02. The van der Waals surface area contributed by atoms with Crippen molar-refractivity contribution in [1.29, 1.82) is 0 Å². The van der Waals surface area contributed by atoms with Gasteiger partial charge in [-0.15, -0.1) is 0 Å². The zero-order valence-electron chi connectivity index (χ0n) is 14.1. The third-order valence-corrected chi connectivity index (χ3v) is 3.87. The van der Waals surface area contributed by atoms with Crippen molar-refractivity contribution >= 4 is 11.6 Å². The molecule has 0 saturated carbocycles. The summed E-state index contributed by atoms with van der Waals surface area (Å²) in [5.74, 6) is 1.10. The third kappa shape index (κ3) is 6.13. The van der Waals surface area contributed by atoms with Gasteiger partial charge < -0.3 is 19.9 Å². The van der Waals surface area contributed by atoms with Crippen molar-refractivity contribution < 1.29 is 14.6 Å². The zero-order valence-corrected chi connectivity index (χ0v) is 14.9. The van der Waals surface area contributed by atoms with E-state index in [2.05, 4.69) is 19.2 Å². The van der Waals surface area contributed by atoms with Crippen LogP contribution in [-0.2, 0) is 4.74 Å². The van der Waals surface area contributed by atoms with Crippen LogP contribution in [0.2, 0.25) is 5.02 Å². The molecule has 5 heteroatoms. The average Bonchev–Trinajstić information content (AvgIpc) is 2.46. The summed E-state index contributed by atoms with van der Waals surface area (Å²) in [5, 5.41) is 14.0. The number of rotatable bonds is 9. The first kappa shape index (κ1) is 19.2. The van der Waals surface area contributed by atoms with Crippen LogP contribution in [0, 0.1) is 6.92 Å². The molecule has 0 aliphatic carbocycles. The molecule has 0 unspecified atom stereocenters. The first-order chi connectivity index (χ1) is 10.3. The fourth-order valence-electron chi connectivity index (χ4n) is 2.14. The highest BCUT2D eigenvalue weighted by Gasteiger charge is 2.13. The molecule has 0 spiro atoms. The van der Waals surface area contributed by atoms with E-state index in [4.69, 9.17) is 21.1 Å². The molecule has 1 aromatic carbocycles. The van der Waals surface area contributed by atoms with Crippen LogP contribution in [0.25, 0.3) is 0 Å². The number of halogens is 1. The second-order valence-corrected chi connectivity index (χ2v) is 6.43. The summed E-state index contributed by atoms with van der Waals surface area (Å²) >= 11 is 6.18. The quantitative estimate of drug-likeness (QED) is 0.731. The molecule has 1 rings (SSSR count). The summed E-state index contributed by atoms with van der Waals surface area (Å²) in [6.45, 7) is 9.47. The van der Waals surface area contributed by atoms with Crippen LogP contribution in [0.1, 0.15) is 37.8 Å². The monoisotopic (exact) mass is 329 g/mol. The minimum atomic E-state index is -0.574. The Hall–Kier alpha value is -0.810. The van der Waals surface area contributed by atoms with Crippen LogP contribution in [0.5, 0.6) is 5.75 Å². The Balaban J connectivity index is 2.58. The van der Waals surface area contributed by atoms with Gasteiger partial charge in [-0.1, -0.05) is 25.4 Å². The summed E-state index contributed by atoms with van der Waals surface area (Å²) < 4.78 is 10.9. The van der Waals surface area contributed by atoms with E-state index in [9.17, 15) is 5.11 Å². The first-order valence-corrected chi connectivity index (χ1v) is 8.06. The van der Waals surface area contributed by atoms with Crippen molar-refractivity contribution in [2.24, 2.45) is 0 Å². The largest absolute Gasteiger partial charge is 0.491 e. The molecule has 0 aromatic heterocycles. The molecule has 0 bridgehead atoms. The van der Waals surface area contributed by atoms with E-state index in [1.54, 1.807) is 7.11 Å². The molecule has 0 saturated heterocycles. The fourth-order valence-corrected chi connectivity index (χ4v) is 2.31. The van der Waals surface area contributed by atoms with Crippen LogP contribution in [0.4, 0.5) is 0 Å². The summed E-state index contributed by atoms with van der Waals surface area (Å²) in [6, 6.07) is 4.08. The lowest BCUT2D eigenvalue weighted by atomic mass is 10.0. The van der Waals surface area contributed by atoms with Crippen LogP contribution in [-0.4, -0.2) is 44.1 Å². The van der Waals surface area contributed by atoms with E-state index >= 15 is 0 Å². The lowest BCUT2D eigenvalue weighted by molar-refractivity contribution is 0.0967. The van der Waals surface area contributed by atoms with E-state index < -0.39 is 6.10 Å². The molecular formula is C17H28ClNO3. The van der Waals surface area contributed by atoms with Gasteiger partial charge in [0.2, 0.25) is 0 Å². The van der Waals surface area contributed by atoms with Crippen molar-refractivity contribution in [3.63, 3.8) is 0 Å². The number of methoxy groups -OCH3 is 1. The molecule has 1 aromatic rings. The molecule has 0 radical (unpaired) electrons. The average molecular weight is 330 g/mol. The number of hydrogen-bond acceptors (Lipinski definition) is 4. The van der Waals surface area contributed by atoms with E-state index in [0.29, 0.717) is 19.1 Å². The molecule has 0 aliphatic heterocycles. The molecule has 126 valence electrons. The van der Waals surface area contributed by atoms with Gasteiger partial charge in [0.25, 0.3) is 0 Å². The van der Waals surface area contributed by atoms with Crippen molar-refractivity contribution in [2.45, 2.75) is 45.8 Å². The molecular weight excluding hydrogens is 302 g/mol. The van der Waals surface area contributed by atoms with Crippen LogP contribution in [0.15, 0.2) is 12.1 Å². The maximum atomic E-state index is 10.0. The van der Waals surface area contributed by atoms with Crippen molar-refractivity contribution in [1.82, 2.24) is 5.32 Å². The number of aliphatic hydroxyl groups excluding tert-OH is 1. The van der Waals surface area contributed by atoms with Gasteiger partial charge in [-0.2, -0.15) is 0 Å². The zero-order chi connectivity index (χ0) is 16.7. The number of ether oxygens (including phenoxy) is 2. The molecule has 2 N–H and O–H groups in total. The van der Waals surface area contributed by atoms with E-state index in [0.717, 1.165) is 21.9 Å². The van der Waals surface area contributed by atoms with E-state index in [1.807, 2.05) is 26.0 Å². The number of aryl methyl sites for hydroxylation is 1. The second kappa shape index (κ2) is 9.36. The minimum Gasteiger partial charge on any atom is -0.491 e. The van der Waals surface area contributed by atoms with Gasteiger partial charge in [-0.3, -0.25) is 0 Å². The van der Waals surface area contributed by atoms with E-state index in [1.165, 1.54) is 0 Å². The van der Waals surface area contributed by atoms with Crippen LogP contribution in [0.3, 0.4) is 0 Å². The Morgan fingerprint density at radius 1 is 1.23 bits per heavy atom.